The number of hydrogen-bond acceptors (Lipinski definition) is 4. The average Bonchev–Trinajstić information content (AvgIpc) is 2.94. The van der Waals surface area contributed by atoms with Gasteiger partial charge in [0.25, 0.3) is 6.43 Å². The second-order valence-corrected chi connectivity index (χ2v) is 6.04. The molecular formula is C13H11F2NO5S. The van der Waals surface area contributed by atoms with Crippen molar-refractivity contribution >= 4 is 16.0 Å². The quantitative estimate of drug-likeness (QED) is 0.847. The minimum absolute atomic E-state index is 0.0889. The number of hydrogen-bond donors (Lipinski definition) is 2. The predicted octanol–water partition coefficient (Wildman–Crippen LogP) is 2.39. The van der Waals surface area contributed by atoms with Gasteiger partial charge in [-0.15, -0.1) is 0 Å². The first kappa shape index (κ1) is 16.1. The summed E-state index contributed by atoms with van der Waals surface area (Å²) < 4.78 is 56.2. The fourth-order valence-electron chi connectivity index (χ4n) is 1.65. The maximum Gasteiger partial charge on any atom is 0.371 e. The number of alkyl halides is 2. The number of carboxylic acids is 1. The molecule has 1 aromatic heterocycles. The molecule has 1 aromatic carbocycles. The number of aromatic carboxylic acids is 1. The minimum atomic E-state index is -4.02. The molecule has 0 amide bonds. The van der Waals surface area contributed by atoms with Gasteiger partial charge in [0.2, 0.25) is 15.8 Å². The number of sulfonamides is 1. The van der Waals surface area contributed by atoms with Crippen molar-refractivity contribution in [2.75, 3.05) is 0 Å². The lowest BCUT2D eigenvalue weighted by molar-refractivity contribution is 0.0660. The highest BCUT2D eigenvalue weighted by Crippen LogP contribution is 2.21. The van der Waals surface area contributed by atoms with E-state index in [4.69, 9.17) is 9.52 Å². The van der Waals surface area contributed by atoms with Crippen LogP contribution in [0.1, 0.15) is 28.3 Å². The van der Waals surface area contributed by atoms with Gasteiger partial charge in [-0.1, -0.05) is 12.1 Å². The standard InChI is InChI=1S/C13H11F2NO5S/c14-12(15)8-2-1-3-10(6-8)22(19,20)16-7-9-4-5-11(21-9)13(17)18/h1-6,12,16H,7H2,(H,17,18). The van der Waals surface area contributed by atoms with Crippen LogP contribution in [0.25, 0.3) is 0 Å². The summed E-state index contributed by atoms with van der Waals surface area (Å²) in [5.41, 5.74) is -0.408. The average molecular weight is 331 g/mol. The summed E-state index contributed by atoms with van der Waals surface area (Å²) in [5.74, 6) is -1.52. The third kappa shape index (κ3) is 3.68. The van der Waals surface area contributed by atoms with Gasteiger partial charge in [0, 0.05) is 5.56 Å². The molecule has 0 bridgehead atoms. The molecule has 6 nitrogen and oxygen atoms in total. The highest BCUT2D eigenvalue weighted by Gasteiger charge is 2.18. The Balaban J connectivity index is 2.13. The second kappa shape index (κ2) is 6.24. The van der Waals surface area contributed by atoms with E-state index in [2.05, 4.69) is 4.72 Å². The molecule has 0 spiro atoms. The van der Waals surface area contributed by atoms with Gasteiger partial charge in [0.05, 0.1) is 11.4 Å². The third-order valence-corrected chi connectivity index (χ3v) is 4.13. The summed E-state index contributed by atoms with van der Waals surface area (Å²) >= 11 is 0. The van der Waals surface area contributed by atoms with Crippen LogP contribution in [0.3, 0.4) is 0 Å². The SMILES string of the molecule is O=C(O)c1ccc(CNS(=O)(=O)c2cccc(C(F)F)c2)o1. The number of rotatable bonds is 6. The molecule has 0 atom stereocenters. The molecule has 1 heterocycles. The van der Waals surface area contributed by atoms with Crippen molar-refractivity contribution in [1.82, 2.24) is 4.72 Å². The molecule has 0 saturated heterocycles. The molecule has 0 aliphatic carbocycles. The van der Waals surface area contributed by atoms with Gasteiger partial charge in [-0.2, -0.15) is 0 Å². The summed E-state index contributed by atoms with van der Waals surface area (Å²) in [6.45, 7) is -0.297. The largest absolute Gasteiger partial charge is 0.475 e. The van der Waals surface area contributed by atoms with Crippen LogP contribution in [0.4, 0.5) is 8.78 Å². The lowest BCUT2D eigenvalue weighted by atomic mass is 10.2. The van der Waals surface area contributed by atoms with E-state index in [-0.39, 0.29) is 23.0 Å². The van der Waals surface area contributed by atoms with Crippen LogP contribution in [0.5, 0.6) is 0 Å². The van der Waals surface area contributed by atoms with E-state index < -0.39 is 28.0 Å². The molecule has 0 aliphatic heterocycles. The maximum absolute atomic E-state index is 12.6. The highest BCUT2D eigenvalue weighted by molar-refractivity contribution is 7.89. The Morgan fingerprint density at radius 3 is 2.59 bits per heavy atom. The summed E-state index contributed by atoms with van der Waals surface area (Å²) in [6.07, 6.45) is -2.78. The van der Waals surface area contributed by atoms with Crippen molar-refractivity contribution in [3.63, 3.8) is 0 Å². The van der Waals surface area contributed by atoms with Crippen LogP contribution in [-0.4, -0.2) is 19.5 Å². The number of halogens is 2. The Morgan fingerprint density at radius 2 is 2.00 bits per heavy atom. The molecule has 118 valence electrons. The Morgan fingerprint density at radius 1 is 1.27 bits per heavy atom. The molecule has 0 saturated carbocycles. The first-order chi connectivity index (χ1) is 10.3. The van der Waals surface area contributed by atoms with E-state index in [1.165, 1.54) is 24.3 Å². The highest BCUT2D eigenvalue weighted by atomic mass is 32.2. The van der Waals surface area contributed by atoms with Crippen LogP contribution in [0.15, 0.2) is 45.7 Å². The summed E-state index contributed by atoms with van der Waals surface area (Å²) in [5, 5.41) is 8.68. The molecule has 2 aromatic rings. The molecule has 9 heteroatoms. The minimum Gasteiger partial charge on any atom is -0.475 e. The first-order valence-corrected chi connectivity index (χ1v) is 7.47. The van der Waals surface area contributed by atoms with Gasteiger partial charge in [-0.3, -0.25) is 0 Å². The fourth-order valence-corrected chi connectivity index (χ4v) is 2.70. The number of carboxylic acid groups (broad SMARTS) is 1. The molecule has 0 fully saturated rings. The Labute approximate surface area is 124 Å². The topological polar surface area (TPSA) is 96.6 Å². The van der Waals surface area contributed by atoms with Gasteiger partial charge < -0.3 is 9.52 Å². The van der Waals surface area contributed by atoms with Crippen molar-refractivity contribution in [3.05, 3.63) is 53.5 Å². The first-order valence-electron chi connectivity index (χ1n) is 5.99. The van der Waals surface area contributed by atoms with Gasteiger partial charge in [0.15, 0.2) is 0 Å². The molecule has 2 N–H and O–H groups in total. The zero-order valence-electron chi connectivity index (χ0n) is 11.0. The zero-order valence-corrected chi connectivity index (χ0v) is 11.8. The Bertz CT molecular complexity index is 785. The smallest absolute Gasteiger partial charge is 0.371 e. The fraction of sp³-hybridized carbons (Fsp3) is 0.154. The van der Waals surface area contributed by atoms with E-state index >= 15 is 0 Å². The van der Waals surface area contributed by atoms with E-state index in [1.54, 1.807) is 0 Å². The van der Waals surface area contributed by atoms with E-state index in [1.807, 2.05) is 0 Å². The zero-order chi connectivity index (χ0) is 16.3. The number of furan rings is 1. The van der Waals surface area contributed by atoms with Gasteiger partial charge in [-0.05, 0) is 24.3 Å². The molecule has 2 rings (SSSR count). The van der Waals surface area contributed by atoms with E-state index in [9.17, 15) is 22.0 Å². The lowest BCUT2D eigenvalue weighted by Crippen LogP contribution is -2.23. The van der Waals surface area contributed by atoms with Gasteiger partial charge >= 0.3 is 5.97 Å². The summed E-state index contributed by atoms with van der Waals surface area (Å²) in [7, 11) is -4.02. The van der Waals surface area contributed by atoms with Crippen LogP contribution < -0.4 is 4.72 Å². The third-order valence-electron chi connectivity index (χ3n) is 2.73. The van der Waals surface area contributed by atoms with E-state index in [0.29, 0.717) is 0 Å². The Hall–Kier alpha value is -2.26. The predicted molar refractivity (Wildman–Crippen MR) is 71.1 cm³/mol. The number of nitrogens with one attached hydrogen (secondary N) is 1. The van der Waals surface area contributed by atoms with E-state index in [0.717, 1.165) is 12.1 Å². The molecule has 0 radical (unpaired) electrons. The summed E-state index contributed by atoms with van der Waals surface area (Å²) in [4.78, 5) is 10.3. The maximum atomic E-state index is 12.6. The lowest BCUT2D eigenvalue weighted by Gasteiger charge is -2.07. The van der Waals surface area contributed by atoms with Crippen LogP contribution in [-0.2, 0) is 16.6 Å². The van der Waals surface area contributed by atoms with Crippen molar-refractivity contribution < 1.29 is 31.5 Å². The van der Waals surface area contributed by atoms with Crippen molar-refractivity contribution in [2.45, 2.75) is 17.9 Å². The van der Waals surface area contributed by atoms with Crippen LogP contribution in [0.2, 0.25) is 0 Å². The van der Waals surface area contributed by atoms with Crippen LogP contribution in [0, 0.1) is 0 Å². The van der Waals surface area contributed by atoms with Crippen LogP contribution >= 0.6 is 0 Å². The van der Waals surface area contributed by atoms with Crippen molar-refractivity contribution in [3.8, 4) is 0 Å². The van der Waals surface area contributed by atoms with Gasteiger partial charge in [-0.25, -0.2) is 26.7 Å². The van der Waals surface area contributed by atoms with Crippen molar-refractivity contribution in [1.29, 1.82) is 0 Å². The normalized spacial score (nSPS) is 11.8. The molecular weight excluding hydrogens is 320 g/mol. The van der Waals surface area contributed by atoms with Gasteiger partial charge in [0.1, 0.15) is 5.76 Å². The molecule has 22 heavy (non-hydrogen) atoms. The van der Waals surface area contributed by atoms with Crippen molar-refractivity contribution in [2.24, 2.45) is 0 Å². The monoisotopic (exact) mass is 331 g/mol. The second-order valence-electron chi connectivity index (χ2n) is 4.27. The summed E-state index contributed by atoms with van der Waals surface area (Å²) in [6, 6.07) is 6.88. The molecule has 0 unspecified atom stereocenters. The number of carbonyl (C=O) groups is 1. The number of benzene rings is 1. The molecule has 0 aliphatic rings. The Kier molecular flexibility index (Phi) is 4.57.